The van der Waals surface area contributed by atoms with Gasteiger partial charge in [0.2, 0.25) is 5.91 Å². The number of nitrogens with one attached hydrogen (secondary N) is 1. The van der Waals surface area contributed by atoms with Crippen molar-refractivity contribution >= 4 is 5.91 Å². The van der Waals surface area contributed by atoms with E-state index in [4.69, 9.17) is 14.2 Å². The van der Waals surface area contributed by atoms with Crippen LogP contribution in [0.4, 0.5) is 0 Å². The molecule has 2 aliphatic rings. The summed E-state index contributed by atoms with van der Waals surface area (Å²) in [7, 11) is 1.76. The van der Waals surface area contributed by atoms with E-state index in [1.165, 1.54) is 13.3 Å². The molecule has 0 radical (unpaired) electrons. The number of aliphatic hydroxyl groups is 1. The predicted molar refractivity (Wildman–Crippen MR) is 129 cm³/mol. The molecule has 184 valence electrons. The quantitative estimate of drug-likeness (QED) is 0.587. The molecule has 2 fully saturated rings. The number of benzene rings is 2. The second kappa shape index (κ2) is 11.9. The van der Waals surface area contributed by atoms with Crippen LogP contribution in [0.5, 0.6) is 0 Å². The van der Waals surface area contributed by atoms with Crippen molar-refractivity contribution in [2.45, 2.75) is 63.9 Å². The third-order valence-corrected chi connectivity index (χ3v) is 6.70. The lowest BCUT2D eigenvalue weighted by Crippen LogP contribution is -2.42. The molecule has 1 amide bonds. The molecule has 2 aromatic rings. The number of nitrogens with zero attached hydrogens (tertiary/aromatic N) is 1. The highest BCUT2D eigenvalue weighted by Gasteiger charge is 2.35. The van der Waals surface area contributed by atoms with Gasteiger partial charge in [-0.25, -0.2) is 0 Å². The van der Waals surface area contributed by atoms with Crippen LogP contribution in [0.3, 0.4) is 0 Å². The molecule has 0 saturated carbocycles. The number of likely N-dealkylation sites (tertiary alicyclic amines) is 1. The van der Waals surface area contributed by atoms with Crippen molar-refractivity contribution in [1.29, 1.82) is 0 Å². The zero-order valence-electron chi connectivity index (χ0n) is 20.1. The highest BCUT2D eigenvalue weighted by atomic mass is 16.7. The number of aliphatic hydroxyl groups excluding tert-OH is 1. The fourth-order valence-electron chi connectivity index (χ4n) is 4.83. The molecule has 4 atom stereocenters. The van der Waals surface area contributed by atoms with Crippen LogP contribution in [-0.2, 0) is 32.2 Å². The van der Waals surface area contributed by atoms with E-state index < -0.39 is 6.29 Å². The van der Waals surface area contributed by atoms with Gasteiger partial charge in [-0.15, -0.1) is 0 Å². The SMILES string of the molecule is COC[C@@H]1CCCN1C[C@@H]1C[C@H](c2ccc(CO)cc2)O[C@H](c2ccc(CNC(C)=O)cc2)O1. The Bertz CT molecular complexity index is 918. The van der Waals surface area contributed by atoms with Gasteiger partial charge in [0.1, 0.15) is 0 Å². The minimum Gasteiger partial charge on any atom is -0.392 e. The topological polar surface area (TPSA) is 80.3 Å². The van der Waals surface area contributed by atoms with Crippen LogP contribution in [0.2, 0.25) is 0 Å². The first-order valence-corrected chi connectivity index (χ1v) is 12.1. The zero-order chi connectivity index (χ0) is 23.9. The maximum atomic E-state index is 11.2. The third-order valence-electron chi connectivity index (χ3n) is 6.70. The first-order chi connectivity index (χ1) is 16.6. The number of amides is 1. The average molecular weight is 469 g/mol. The van der Waals surface area contributed by atoms with Crippen LogP contribution < -0.4 is 5.32 Å². The molecule has 0 aliphatic carbocycles. The van der Waals surface area contributed by atoms with Crippen LogP contribution >= 0.6 is 0 Å². The van der Waals surface area contributed by atoms with Gasteiger partial charge in [-0.05, 0) is 36.1 Å². The summed E-state index contributed by atoms with van der Waals surface area (Å²) < 4.78 is 18.4. The van der Waals surface area contributed by atoms with E-state index in [-0.39, 0.29) is 24.7 Å². The molecular formula is C27H36N2O5. The standard InChI is InChI=1S/C27H36N2O5/c1-19(31)28-15-20-5-11-23(12-6-20)27-33-25(16-29-13-3-4-24(29)18-32-2)14-26(34-27)22-9-7-21(17-30)8-10-22/h5-12,24-27,30H,3-4,13-18H2,1-2H3,(H,28,31)/t24-,25-,26+,27+/m0/s1. The van der Waals surface area contributed by atoms with Gasteiger partial charge in [-0.3, -0.25) is 9.69 Å². The summed E-state index contributed by atoms with van der Waals surface area (Å²) in [5.41, 5.74) is 3.97. The maximum Gasteiger partial charge on any atom is 0.217 e. The summed E-state index contributed by atoms with van der Waals surface area (Å²) in [5, 5.41) is 12.2. The minimum absolute atomic E-state index is 0.0257. The largest absolute Gasteiger partial charge is 0.392 e. The Balaban J connectivity index is 1.50. The van der Waals surface area contributed by atoms with Crippen LogP contribution in [0.15, 0.2) is 48.5 Å². The molecule has 4 rings (SSSR count). The predicted octanol–water partition coefficient (Wildman–Crippen LogP) is 3.47. The van der Waals surface area contributed by atoms with Crippen molar-refractivity contribution in [1.82, 2.24) is 10.2 Å². The number of carbonyl (C=O) groups is 1. The first kappa shape index (κ1) is 24.8. The lowest BCUT2D eigenvalue weighted by molar-refractivity contribution is -0.253. The molecule has 0 bridgehead atoms. The number of ether oxygens (including phenoxy) is 3. The number of carbonyl (C=O) groups excluding carboxylic acids is 1. The second-order valence-corrected chi connectivity index (χ2v) is 9.25. The minimum atomic E-state index is -0.473. The molecule has 2 heterocycles. The van der Waals surface area contributed by atoms with Crippen molar-refractivity contribution in [3.8, 4) is 0 Å². The van der Waals surface area contributed by atoms with Gasteiger partial charge in [0, 0.05) is 45.1 Å². The van der Waals surface area contributed by atoms with Crippen molar-refractivity contribution in [3.05, 3.63) is 70.8 Å². The van der Waals surface area contributed by atoms with E-state index >= 15 is 0 Å². The second-order valence-electron chi connectivity index (χ2n) is 9.25. The molecule has 0 aromatic heterocycles. The Labute approximate surface area is 202 Å². The highest BCUT2D eigenvalue weighted by Crippen LogP contribution is 2.38. The van der Waals surface area contributed by atoms with Gasteiger partial charge >= 0.3 is 0 Å². The monoisotopic (exact) mass is 468 g/mol. The van der Waals surface area contributed by atoms with Gasteiger partial charge in [0.15, 0.2) is 6.29 Å². The van der Waals surface area contributed by atoms with Crippen molar-refractivity contribution < 1.29 is 24.1 Å². The number of hydrogen-bond donors (Lipinski definition) is 2. The molecule has 7 heteroatoms. The summed E-state index contributed by atoms with van der Waals surface area (Å²) in [6.07, 6.45) is 2.56. The van der Waals surface area contributed by atoms with E-state index in [2.05, 4.69) is 10.2 Å². The third kappa shape index (κ3) is 6.43. The maximum absolute atomic E-state index is 11.2. The Kier molecular flexibility index (Phi) is 8.69. The van der Waals surface area contributed by atoms with Gasteiger partial charge in [-0.2, -0.15) is 0 Å². The van der Waals surface area contributed by atoms with Crippen molar-refractivity contribution in [2.24, 2.45) is 0 Å². The molecule has 2 aromatic carbocycles. The molecule has 2 N–H and O–H groups in total. The van der Waals surface area contributed by atoms with E-state index in [1.54, 1.807) is 7.11 Å². The smallest absolute Gasteiger partial charge is 0.217 e. The van der Waals surface area contributed by atoms with Crippen LogP contribution in [0.25, 0.3) is 0 Å². The summed E-state index contributed by atoms with van der Waals surface area (Å²) in [6.45, 7) is 4.70. The summed E-state index contributed by atoms with van der Waals surface area (Å²) in [5.74, 6) is -0.0467. The van der Waals surface area contributed by atoms with Crippen molar-refractivity contribution in [2.75, 3.05) is 26.8 Å². The molecule has 2 aliphatic heterocycles. The average Bonchev–Trinajstić information content (AvgIpc) is 3.29. The van der Waals surface area contributed by atoms with Crippen LogP contribution in [0.1, 0.15) is 60.8 Å². The van der Waals surface area contributed by atoms with E-state index in [1.807, 2.05) is 48.5 Å². The lowest BCUT2D eigenvalue weighted by atomic mass is 9.99. The van der Waals surface area contributed by atoms with Gasteiger partial charge < -0.3 is 24.6 Å². The van der Waals surface area contributed by atoms with E-state index in [9.17, 15) is 9.90 Å². The Morgan fingerprint density at radius 2 is 1.79 bits per heavy atom. The highest BCUT2D eigenvalue weighted by molar-refractivity contribution is 5.72. The van der Waals surface area contributed by atoms with Crippen LogP contribution in [0, 0.1) is 0 Å². The fraction of sp³-hybridized carbons (Fsp3) is 0.519. The number of rotatable bonds is 9. The molecular weight excluding hydrogens is 432 g/mol. The van der Waals surface area contributed by atoms with E-state index in [0.717, 1.165) is 54.8 Å². The molecule has 2 saturated heterocycles. The normalized spacial score (nSPS) is 25.4. The summed E-state index contributed by atoms with van der Waals surface area (Å²) >= 11 is 0. The lowest BCUT2D eigenvalue weighted by Gasteiger charge is -2.38. The van der Waals surface area contributed by atoms with Gasteiger partial charge in [0.05, 0.1) is 25.4 Å². The molecule has 0 spiro atoms. The van der Waals surface area contributed by atoms with Crippen molar-refractivity contribution in [3.63, 3.8) is 0 Å². The van der Waals surface area contributed by atoms with E-state index in [0.29, 0.717) is 12.6 Å². The molecule has 7 nitrogen and oxygen atoms in total. The fourth-order valence-corrected chi connectivity index (χ4v) is 4.83. The molecule has 34 heavy (non-hydrogen) atoms. The Morgan fingerprint density at radius 1 is 1.09 bits per heavy atom. The number of methoxy groups -OCH3 is 1. The summed E-state index contributed by atoms with van der Waals surface area (Å²) in [4.78, 5) is 13.7. The zero-order valence-corrected chi connectivity index (χ0v) is 20.1. The first-order valence-electron chi connectivity index (χ1n) is 12.1. The van der Waals surface area contributed by atoms with Gasteiger partial charge in [0.25, 0.3) is 0 Å². The summed E-state index contributed by atoms with van der Waals surface area (Å²) in [6, 6.07) is 16.4. The number of hydrogen-bond acceptors (Lipinski definition) is 6. The van der Waals surface area contributed by atoms with Crippen LogP contribution in [-0.4, -0.2) is 54.9 Å². The molecule has 0 unspecified atom stereocenters. The Morgan fingerprint density at radius 3 is 2.47 bits per heavy atom. The Hall–Kier alpha value is -2.29. The van der Waals surface area contributed by atoms with Gasteiger partial charge in [-0.1, -0.05) is 48.5 Å².